The lowest BCUT2D eigenvalue weighted by molar-refractivity contribution is 1.04. The van der Waals surface area contributed by atoms with Gasteiger partial charge in [0.15, 0.2) is 0 Å². The molecule has 0 aliphatic rings. The first-order chi connectivity index (χ1) is 5.86. The fraction of sp³-hybridized carbons (Fsp3) is 0.250. The molecule has 0 N–H and O–H groups in total. The summed E-state index contributed by atoms with van der Waals surface area (Å²) in [5, 5.41) is 3.49. The standard InChI is InChI=1S/C8H9N3S/c1-12-8-4-2-3-7(5-8)6-10-11-9/h2-5H,6H2,1H3. The molecule has 0 bridgehead atoms. The van der Waals surface area contributed by atoms with Gasteiger partial charge in [0.25, 0.3) is 0 Å². The third-order valence-corrected chi connectivity index (χ3v) is 2.18. The molecule has 12 heavy (non-hydrogen) atoms. The highest BCUT2D eigenvalue weighted by molar-refractivity contribution is 7.98. The van der Waals surface area contributed by atoms with Crippen molar-refractivity contribution in [1.29, 1.82) is 0 Å². The SMILES string of the molecule is CSc1cccc(CN=[N+]=[N-])c1. The molecule has 1 aromatic carbocycles. The molecule has 62 valence electrons. The molecule has 0 radical (unpaired) electrons. The number of azide groups is 1. The van der Waals surface area contributed by atoms with Gasteiger partial charge in [0.05, 0.1) is 6.54 Å². The van der Waals surface area contributed by atoms with Crippen LogP contribution in [-0.2, 0) is 6.54 Å². The molecule has 4 heteroatoms. The van der Waals surface area contributed by atoms with Crippen LogP contribution in [0, 0.1) is 0 Å². The van der Waals surface area contributed by atoms with Crippen LogP contribution in [0.15, 0.2) is 34.3 Å². The van der Waals surface area contributed by atoms with E-state index in [-0.39, 0.29) is 0 Å². The summed E-state index contributed by atoms with van der Waals surface area (Å²) in [7, 11) is 0. The van der Waals surface area contributed by atoms with Gasteiger partial charge in [-0.2, -0.15) is 0 Å². The van der Waals surface area contributed by atoms with Crippen LogP contribution in [-0.4, -0.2) is 6.26 Å². The van der Waals surface area contributed by atoms with E-state index in [0.717, 1.165) is 5.56 Å². The molecule has 1 rings (SSSR count). The van der Waals surface area contributed by atoms with Gasteiger partial charge in [-0.1, -0.05) is 17.2 Å². The van der Waals surface area contributed by atoms with Gasteiger partial charge in [-0.3, -0.25) is 0 Å². The predicted octanol–water partition coefficient (Wildman–Crippen LogP) is 3.22. The maximum Gasteiger partial charge on any atom is 0.0511 e. The van der Waals surface area contributed by atoms with Crippen LogP contribution in [0.4, 0.5) is 0 Å². The Hall–Kier alpha value is -1.12. The molecule has 0 aromatic heterocycles. The van der Waals surface area contributed by atoms with E-state index in [2.05, 4.69) is 10.0 Å². The minimum absolute atomic E-state index is 0.435. The molecule has 0 saturated carbocycles. The van der Waals surface area contributed by atoms with Crippen molar-refractivity contribution in [2.45, 2.75) is 11.4 Å². The summed E-state index contributed by atoms with van der Waals surface area (Å²) in [5.41, 5.74) is 9.16. The Balaban J connectivity index is 2.78. The van der Waals surface area contributed by atoms with Gasteiger partial charge in [0.2, 0.25) is 0 Å². The Bertz CT molecular complexity index is 305. The van der Waals surface area contributed by atoms with Crippen LogP contribution in [0.2, 0.25) is 0 Å². The Morgan fingerprint density at radius 1 is 1.58 bits per heavy atom. The molecule has 3 nitrogen and oxygen atoms in total. The van der Waals surface area contributed by atoms with E-state index in [1.165, 1.54) is 4.90 Å². The van der Waals surface area contributed by atoms with Gasteiger partial charge >= 0.3 is 0 Å². The lowest BCUT2D eigenvalue weighted by atomic mass is 10.2. The Morgan fingerprint density at radius 2 is 2.42 bits per heavy atom. The lowest BCUT2D eigenvalue weighted by Gasteiger charge is -1.98. The average Bonchev–Trinajstić information content (AvgIpc) is 2.15. The molecule has 0 spiro atoms. The van der Waals surface area contributed by atoms with E-state index in [1.807, 2.05) is 30.5 Å². The van der Waals surface area contributed by atoms with Crippen LogP contribution in [0.3, 0.4) is 0 Å². The number of rotatable bonds is 3. The minimum Gasteiger partial charge on any atom is -0.130 e. The zero-order valence-electron chi connectivity index (χ0n) is 6.77. The molecule has 1 aromatic rings. The fourth-order valence-electron chi connectivity index (χ4n) is 0.884. The van der Waals surface area contributed by atoms with Crippen LogP contribution in [0.5, 0.6) is 0 Å². The predicted molar refractivity (Wildman–Crippen MR) is 51.1 cm³/mol. The summed E-state index contributed by atoms with van der Waals surface area (Å²) in [5.74, 6) is 0. The van der Waals surface area contributed by atoms with E-state index in [0.29, 0.717) is 6.54 Å². The van der Waals surface area contributed by atoms with Gasteiger partial charge in [-0.25, -0.2) is 0 Å². The van der Waals surface area contributed by atoms with Crippen molar-refractivity contribution in [3.63, 3.8) is 0 Å². The topological polar surface area (TPSA) is 48.8 Å². The summed E-state index contributed by atoms with van der Waals surface area (Å²) in [4.78, 5) is 3.90. The molecule has 0 aliphatic carbocycles. The second-order valence-electron chi connectivity index (χ2n) is 2.24. The number of thioether (sulfide) groups is 1. The summed E-state index contributed by atoms with van der Waals surface area (Å²) >= 11 is 1.68. The molecule has 0 aliphatic heterocycles. The largest absolute Gasteiger partial charge is 0.130 e. The second kappa shape index (κ2) is 4.70. The molecular weight excluding hydrogens is 170 g/mol. The normalized spacial score (nSPS) is 9.08. The van der Waals surface area contributed by atoms with Crippen molar-refractivity contribution in [3.8, 4) is 0 Å². The van der Waals surface area contributed by atoms with Gasteiger partial charge in [0.1, 0.15) is 0 Å². The summed E-state index contributed by atoms with van der Waals surface area (Å²) in [6.45, 7) is 0.435. The van der Waals surface area contributed by atoms with Crippen molar-refractivity contribution in [2.75, 3.05) is 6.26 Å². The molecule has 0 fully saturated rings. The van der Waals surface area contributed by atoms with Crippen LogP contribution in [0.25, 0.3) is 10.4 Å². The molecule has 0 atom stereocenters. The highest BCUT2D eigenvalue weighted by Gasteiger charge is 1.92. The Kier molecular flexibility index (Phi) is 3.51. The van der Waals surface area contributed by atoms with Gasteiger partial charge < -0.3 is 0 Å². The number of nitrogens with zero attached hydrogens (tertiary/aromatic N) is 3. The van der Waals surface area contributed by atoms with Crippen molar-refractivity contribution in [2.24, 2.45) is 5.11 Å². The maximum absolute atomic E-state index is 8.11. The van der Waals surface area contributed by atoms with Gasteiger partial charge in [-0.05, 0) is 29.5 Å². The highest BCUT2D eigenvalue weighted by Crippen LogP contribution is 2.16. The Labute approximate surface area is 75.4 Å². The van der Waals surface area contributed by atoms with E-state index in [1.54, 1.807) is 11.8 Å². The summed E-state index contributed by atoms with van der Waals surface area (Å²) in [6.07, 6.45) is 2.02. The third kappa shape index (κ3) is 2.49. The maximum atomic E-state index is 8.11. The highest BCUT2D eigenvalue weighted by atomic mass is 32.2. The Morgan fingerprint density at radius 3 is 3.08 bits per heavy atom. The van der Waals surface area contributed by atoms with E-state index < -0.39 is 0 Å². The fourth-order valence-corrected chi connectivity index (χ4v) is 1.37. The molecule has 0 amide bonds. The molecular formula is C8H9N3S. The van der Waals surface area contributed by atoms with E-state index >= 15 is 0 Å². The second-order valence-corrected chi connectivity index (χ2v) is 3.12. The van der Waals surface area contributed by atoms with Gasteiger partial charge in [0, 0.05) is 9.81 Å². The van der Waals surface area contributed by atoms with Crippen LogP contribution < -0.4 is 0 Å². The molecule has 0 unspecified atom stereocenters. The first-order valence-corrected chi connectivity index (χ1v) is 4.73. The van der Waals surface area contributed by atoms with Crippen molar-refractivity contribution >= 4 is 11.8 Å². The van der Waals surface area contributed by atoms with E-state index in [9.17, 15) is 0 Å². The zero-order valence-corrected chi connectivity index (χ0v) is 7.58. The van der Waals surface area contributed by atoms with Crippen LogP contribution in [0.1, 0.15) is 5.56 Å². The smallest absolute Gasteiger partial charge is 0.0511 e. The monoisotopic (exact) mass is 179 g/mol. The molecule has 0 heterocycles. The van der Waals surface area contributed by atoms with Crippen LogP contribution >= 0.6 is 11.8 Å². The first-order valence-electron chi connectivity index (χ1n) is 3.50. The summed E-state index contributed by atoms with van der Waals surface area (Å²) in [6, 6.07) is 7.98. The van der Waals surface area contributed by atoms with Gasteiger partial charge in [-0.15, -0.1) is 11.8 Å². The average molecular weight is 179 g/mol. The first kappa shape index (κ1) is 8.97. The number of hydrogen-bond acceptors (Lipinski definition) is 2. The number of benzene rings is 1. The van der Waals surface area contributed by atoms with E-state index in [4.69, 9.17) is 5.53 Å². The number of hydrogen-bond donors (Lipinski definition) is 0. The lowest BCUT2D eigenvalue weighted by Crippen LogP contribution is -1.79. The van der Waals surface area contributed by atoms with Crippen molar-refractivity contribution in [1.82, 2.24) is 0 Å². The third-order valence-electron chi connectivity index (χ3n) is 1.45. The molecule has 0 saturated heterocycles. The minimum atomic E-state index is 0.435. The quantitative estimate of drug-likeness (QED) is 0.304. The summed E-state index contributed by atoms with van der Waals surface area (Å²) < 4.78 is 0. The zero-order chi connectivity index (χ0) is 8.81. The van der Waals surface area contributed by atoms with Crippen molar-refractivity contribution in [3.05, 3.63) is 40.3 Å². The van der Waals surface area contributed by atoms with Crippen molar-refractivity contribution < 1.29 is 0 Å².